The fourth-order valence-electron chi connectivity index (χ4n) is 1.55. The Morgan fingerprint density at radius 2 is 1.79 bits per heavy atom. The summed E-state index contributed by atoms with van der Waals surface area (Å²) in [5.41, 5.74) is 2.13. The van der Waals surface area contributed by atoms with Crippen LogP contribution >= 0.6 is 0 Å². The molecule has 0 aliphatic rings. The van der Waals surface area contributed by atoms with Gasteiger partial charge in [0, 0.05) is 6.54 Å². The Bertz CT molecular complexity index is 402. The van der Waals surface area contributed by atoms with E-state index < -0.39 is 0 Å². The number of ether oxygens (including phenoxy) is 1. The van der Waals surface area contributed by atoms with Crippen molar-refractivity contribution in [1.82, 2.24) is 5.32 Å². The largest absolute Gasteiger partial charge is 0.366 e. The first kappa shape index (κ1) is 15.7. The highest BCUT2D eigenvalue weighted by atomic mass is 16.5. The van der Waals surface area contributed by atoms with Gasteiger partial charge in [0.05, 0.1) is 5.60 Å². The smallest absolute Gasteiger partial charge is 0.246 e. The van der Waals surface area contributed by atoms with E-state index >= 15 is 0 Å². The lowest BCUT2D eigenvalue weighted by Crippen LogP contribution is -2.31. The van der Waals surface area contributed by atoms with Crippen LogP contribution in [0.5, 0.6) is 0 Å². The van der Waals surface area contributed by atoms with E-state index in [4.69, 9.17) is 4.74 Å². The summed E-state index contributed by atoms with van der Waals surface area (Å²) < 4.78 is 5.42. The molecule has 0 saturated carbocycles. The fraction of sp³-hybridized carbons (Fsp3) is 0.562. The second-order valence-corrected chi connectivity index (χ2v) is 6.07. The first-order valence-corrected chi connectivity index (χ1v) is 6.77. The van der Waals surface area contributed by atoms with E-state index in [0.29, 0.717) is 12.5 Å². The van der Waals surface area contributed by atoms with Gasteiger partial charge in [0.25, 0.3) is 0 Å². The van der Waals surface area contributed by atoms with Crippen LogP contribution < -0.4 is 5.32 Å². The van der Waals surface area contributed by atoms with Crippen LogP contribution in [0.15, 0.2) is 24.3 Å². The minimum Gasteiger partial charge on any atom is -0.366 e. The topological polar surface area (TPSA) is 38.3 Å². The van der Waals surface area contributed by atoms with Gasteiger partial charge in [-0.1, -0.05) is 38.1 Å². The number of carbonyl (C=O) groups is 1. The molecule has 1 amide bonds. The molecule has 0 spiro atoms. The summed E-state index contributed by atoms with van der Waals surface area (Å²) in [4.78, 5) is 11.6. The average Bonchev–Trinajstić information content (AvgIpc) is 2.33. The molecular formula is C16H25NO2. The molecule has 0 bridgehead atoms. The summed E-state index contributed by atoms with van der Waals surface area (Å²) in [7, 11) is 0. The molecule has 1 aromatic rings. The lowest BCUT2D eigenvalue weighted by atomic mass is 10.0. The maximum Gasteiger partial charge on any atom is 0.246 e. The molecule has 0 aromatic heterocycles. The van der Waals surface area contributed by atoms with Crippen molar-refractivity contribution >= 4 is 5.91 Å². The molecule has 0 aliphatic heterocycles. The molecule has 3 nitrogen and oxygen atoms in total. The number of hydrogen-bond donors (Lipinski definition) is 1. The van der Waals surface area contributed by atoms with Crippen LogP contribution in [-0.2, 0) is 16.1 Å². The van der Waals surface area contributed by atoms with Gasteiger partial charge in [-0.05, 0) is 37.8 Å². The van der Waals surface area contributed by atoms with E-state index in [1.807, 2.05) is 20.8 Å². The molecule has 1 rings (SSSR count). The number of benzene rings is 1. The molecule has 0 heterocycles. The van der Waals surface area contributed by atoms with Crippen molar-refractivity contribution in [2.45, 2.75) is 52.7 Å². The molecule has 106 valence electrons. The predicted octanol–water partition coefficient (Wildman–Crippen LogP) is 3.24. The van der Waals surface area contributed by atoms with Crippen LogP contribution in [0.2, 0.25) is 0 Å². The van der Waals surface area contributed by atoms with Crippen molar-refractivity contribution in [3.63, 3.8) is 0 Å². The summed E-state index contributed by atoms with van der Waals surface area (Å²) in [5.74, 6) is 0.451. The first-order chi connectivity index (χ1) is 8.78. The molecule has 0 fully saturated rings. The molecular weight excluding hydrogens is 238 g/mol. The quantitative estimate of drug-likeness (QED) is 0.885. The second-order valence-electron chi connectivity index (χ2n) is 6.07. The zero-order valence-corrected chi connectivity index (χ0v) is 12.6. The Kier molecular flexibility index (Phi) is 5.55. The van der Waals surface area contributed by atoms with Crippen molar-refractivity contribution in [2.24, 2.45) is 0 Å². The number of rotatable bonds is 5. The van der Waals surface area contributed by atoms with Crippen LogP contribution in [0.4, 0.5) is 0 Å². The minimum absolute atomic E-state index is 0.0807. The van der Waals surface area contributed by atoms with E-state index in [0.717, 1.165) is 5.56 Å². The maximum absolute atomic E-state index is 11.6. The molecule has 0 atom stereocenters. The third-order valence-electron chi connectivity index (χ3n) is 2.77. The molecule has 3 heteroatoms. The number of carbonyl (C=O) groups excluding carboxylic acids is 1. The van der Waals surface area contributed by atoms with E-state index in [9.17, 15) is 4.79 Å². The maximum atomic E-state index is 11.6. The Labute approximate surface area is 116 Å². The van der Waals surface area contributed by atoms with Gasteiger partial charge < -0.3 is 10.1 Å². The van der Waals surface area contributed by atoms with Gasteiger partial charge in [-0.15, -0.1) is 0 Å². The standard InChI is InChI=1S/C16H25NO2/c1-12(2)14-8-6-13(7-9-14)10-17-15(18)11-19-16(3,4)5/h6-9,12H,10-11H2,1-5H3,(H,17,18). The number of amides is 1. The van der Waals surface area contributed by atoms with Gasteiger partial charge in [-0.3, -0.25) is 4.79 Å². The molecule has 0 unspecified atom stereocenters. The van der Waals surface area contributed by atoms with Gasteiger partial charge in [-0.25, -0.2) is 0 Å². The third-order valence-corrected chi connectivity index (χ3v) is 2.77. The van der Waals surface area contributed by atoms with Gasteiger partial charge in [0.2, 0.25) is 5.91 Å². The van der Waals surface area contributed by atoms with Gasteiger partial charge in [-0.2, -0.15) is 0 Å². The molecule has 1 N–H and O–H groups in total. The SMILES string of the molecule is CC(C)c1ccc(CNC(=O)COC(C)(C)C)cc1. The van der Waals surface area contributed by atoms with Crippen LogP contribution in [0, 0.1) is 0 Å². The molecule has 0 saturated heterocycles. The van der Waals surface area contributed by atoms with Crippen molar-refractivity contribution < 1.29 is 9.53 Å². The van der Waals surface area contributed by atoms with E-state index in [1.54, 1.807) is 0 Å². The molecule has 19 heavy (non-hydrogen) atoms. The lowest BCUT2D eigenvalue weighted by molar-refractivity contribution is -0.130. The van der Waals surface area contributed by atoms with Crippen LogP contribution in [0.25, 0.3) is 0 Å². The highest BCUT2D eigenvalue weighted by Gasteiger charge is 2.12. The average molecular weight is 263 g/mol. The van der Waals surface area contributed by atoms with Gasteiger partial charge in [0.1, 0.15) is 6.61 Å². The molecule has 0 aliphatic carbocycles. The highest BCUT2D eigenvalue weighted by molar-refractivity contribution is 5.77. The second kappa shape index (κ2) is 6.71. The Balaban J connectivity index is 2.38. The normalized spacial score (nSPS) is 11.7. The zero-order valence-electron chi connectivity index (χ0n) is 12.6. The van der Waals surface area contributed by atoms with Gasteiger partial charge in [0.15, 0.2) is 0 Å². The van der Waals surface area contributed by atoms with Crippen LogP contribution in [-0.4, -0.2) is 18.1 Å². The number of hydrogen-bond acceptors (Lipinski definition) is 2. The van der Waals surface area contributed by atoms with Crippen molar-refractivity contribution in [3.8, 4) is 0 Å². The summed E-state index contributed by atoms with van der Waals surface area (Å²) >= 11 is 0. The zero-order chi connectivity index (χ0) is 14.5. The van der Waals surface area contributed by atoms with Crippen molar-refractivity contribution in [1.29, 1.82) is 0 Å². The Morgan fingerprint density at radius 3 is 2.26 bits per heavy atom. The summed E-state index contributed by atoms with van der Waals surface area (Å²) in [6, 6.07) is 8.33. The van der Waals surface area contributed by atoms with Crippen LogP contribution in [0.3, 0.4) is 0 Å². The Morgan fingerprint density at radius 1 is 1.21 bits per heavy atom. The summed E-state index contributed by atoms with van der Waals surface area (Å²) in [5, 5.41) is 2.86. The van der Waals surface area contributed by atoms with Crippen molar-refractivity contribution in [3.05, 3.63) is 35.4 Å². The predicted molar refractivity (Wildman–Crippen MR) is 78.1 cm³/mol. The monoisotopic (exact) mass is 263 g/mol. The van der Waals surface area contributed by atoms with E-state index in [-0.39, 0.29) is 18.1 Å². The number of nitrogens with one attached hydrogen (secondary N) is 1. The fourth-order valence-corrected chi connectivity index (χ4v) is 1.55. The highest BCUT2D eigenvalue weighted by Crippen LogP contribution is 2.14. The minimum atomic E-state index is -0.281. The van der Waals surface area contributed by atoms with E-state index in [1.165, 1.54) is 5.56 Å². The first-order valence-electron chi connectivity index (χ1n) is 6.77. The van der Waals surface area contributed by atoms with Crippen LogP contribution in [0.1, 0.15) is 51.7 Å². The lowest BCUT2D eigenvalue weighted by Gasteiger charge is -2.19. The summed E-state index contributed by atoms with van der Waals surface area (Å²) in [6.45, 7) is 10.8. The third kappa shape index (κ3) is 6.39. The van der Waals surface area contributed by atoms with Gasteiger partial charge >= 0.3 is 0 Å². The Hall–Kier alpha value is -1.35. The molecule has 1 aromatic carbocycles. The van der Waals surface area contributed by atoms with Crippen molar-refractivity contribution in [2.75, 3.05) is 6.61 Å². The summed E-state index contributed by atoms with van der Waals surface area (Å²) in [6.07, 6.45) is 0. The van der Waals surface area contributed by atoms with E-state index in [2.05, 4.69) is 43.4 Å². The molecule has 0 radical (unpaired) electrons.